The highest BCUT2D eigenvalue weighted by atomic mass is 19.1. The number of aromatic nitrogens is 1. The lowest BCUT2D eigenvalue weighted by Gasteiger charge is -2.34. The number of rotatable bonds is 6. The molecule has 0 amide bonds. The molecule has 0 bridgehead atoms. The molecule has 1 fully saturated rings. The number of hydrogen-bond donors (Lipinski definition) is 0. The van der Waals surface area contributed by atoms with Crippen LogP contribution < -0.4 is 4.74 Å². The summed E-state index contributed by atoms with van der Waals surface area (Å²) in [7, 11) is 1.69. The molecule has 1 aliphatic heterocycles. The monoisotopic (exact) mass is 371 g/mol. The molecule has 2 heterocycles. The second kappa shape index (κ2) is 9.29. The fourth-order valence-corrected chi connectivity index (χ4v) is 3.83. The van der Waals surface area contributed by atoms with E-state index in [-0.39, 0.29) is 5.82 Å². The van der Waals surface area contributed by atoms with Crippen LogP contribution in [0.3, 0.4) is 0 Å². The molecule has 1 atom stereocenters. The molecule has 0 spiro atoms. The normalized spacial score (nSPS) is 19.2. The first-order valence-electron chi connectivity index (χ1n) is 9.75. The number of pyridine rings is 1. The number of hydrogen-bond acceptors (Lipinski definition) is 4. The highest BCUT2D eigenvalue weighted by Gasteiger charge is 2.27. The van der Waals surface area contributed by atoms with Crippen LogP contribution >= 0.6 is 0 Å². The summed E-state index contributed by atoms with van der Waals surface area (Å²) in [6.07, 6.45) is 2.93. The van der Waals surface area contributed by atoms with E-state index in [1.54, 1.807) is 19.2 Å². The van der Waals surface area contributed by atoms with E-state index in [9.17, 15) is 4.39 Å². The Balaban J connectivity index is 1.69. The average Bonchev–Trinajstić information content (AvgIpc) is 2.86. The van der Waals surface area contributed by atoms with Crippen LogP contribution in [0.5, 0.6) is 5.75 Å². The number of methoxy groups -OCH3 is 1. The van der Waals surface area contributed by atoms with Crippen LogP contribution in [0.2, 0.25) is 0 Å². The van der Waals surface area contributed by atoms with E-state index in [2.05, 4.69) is 28.6 Å². The number of nitrogens with zero attached hydrogens (tertiary/aromatic N) is 3. The summed E-state index contributed by atoms with van der Waals surface area (Å²) in [5, 5.41) is 0. The predicted octanol–water partition coefficient (Wildman–Crippen LogP) is 3.96. The maximum Gasteiger partial charge on any atom is 0.123 e. The molecule has 0 N–H and O–H groups in total. The van der Waals surface area contributed by atoms with E-state index in [0.717, 1.165) is 50.6 Å². The predicted molar refractivity (Wildman–Crippen MR) is 106 cm³/mol. The van der Waals surface area contributed by atoms with E-state index in [4.69, 9.17) is 4.74 Å². The Morgan fingerprint density at radius 2 is 1.93 bits per heavy atom. The number of benzene rings is 1. The second-order valence-corrected chi connectivity index (χ2v) is 7.68. The average molecular weight is 372 g/mol. The van der Waals surface area contributed by atoms with Crippen molar-refractivity contribution in [2.75, 3.05) is 26.7 Å². The van der Waals surface area contributed by atoms with Gasteiger partial charge in [0.1, 0.15) is 11.6 Å². The topological polar surface area (TPSA) is 28.6 Å². The maximum absolute atomic E-state index is 13.2. The third-order valence-electron chi connectivity index (χ3n) is 5.31. The van der Waals surface area contributed by atoms with Gasteiger partial charge < -0.3 is 4.74 Å². The van der Waals surface area contributed by atoms with E-state index in [1.165, 1.54) is 5.56 Å². The number of ether oxygens (including phenoxy) is 1. The summed E-state index contributed by atoms with van der Waals surface area (Å²) in [6, 6.07) is 11.3. The van der Waals surface area contributed by atoms with Gasteiger partial charge in [-0.15, -0.1) is 0 Å². The smallest absolute Gasteiger partial charge is 0.123 e. The number of halogens is 1. The molecule has 3 rings (SSSR count). The van der Waals surface area contributed by atoms with Crippen molar-refractivity contribution in [1.29, 1.82) is 0 Å². The van der Waals surface area contributed by atoms with E-state index in [0.29, 0.717) is 12.0 Å². The molecule has 1 aromatic carbocycles. The molecular formula is C22H30FN3O. The van der Waals surface area contributed by atoms with Gasteiger partial charge in [0.25, 0.3) is 0 Å². The molecule has 0 radical (unpaired) electrons. The third kappa shape index (κ3) is 5.50. The minimum Gasteiger partial charge on any atom is -0.497 e. The molecule has 1 aromatic heterocycles. The third-order valence-corrected chi connectivity index (χ3v) is 5.31. The van der Waals surface area contributed by atoms with Crippen LogP contribution in [0.25, 0.3) is 0 Å². The van der Waals surface area contributed by atoms with Gasteiger partial charge >= 0.3 is 0 Å². The van der Waals surface area contributed by atoms with Crippen molar-refractivity contribution >= 4 is 0 Å². The molecule has 1 aliphatic rings. The highest BCUT2D eigenvalue weighted by Crippen LogP contribution is 2.21. The lowest BCUT2D eigenvalue weighted by Crippen LogP contribution is -2.43. The lowest BCUT2D eigenvalue weighted by atomic mass is 10.0. The molecule has 0 unspecified atom stereocenters. The Bertz CT molecular complexity index is 720. The molecular weight excluding hydrogens is 341 g/mol. The second-order valence-electron chi connectivity index (χ2n) is 7.68. The first-order chi connectivity index (χ1) is 13.0. The Labute approximate surface area is 162 Å². The molecule has 0 aliphatic carbocycles. The largest absolute Gasteiger partial charge is 0.497 e. The molecule has 146 valence electrons. The van der Waals surface area contributed by atoms with E-state index >= 15 is 0 Å². The van der Waals surface area contributed by atoms with Gasteiger partial charge in [-0.25, -0.2) is 4.39 Å². The highest BCUT2D eigenvalue weighted by molar-refractivity contribution is 5.22. The maximum atomic E-state index is 13.2. The molecule has 0 saturated carbocycles. The van der Waals surface area contributed by atoms with Crippen molar-refractivity contribution < 1.29 is 9.13 Å². The minimum atomic E-state index is -0.174. The summed E-state index contributed by atoms with van der Waals surface area (Å²) in [5.74, 6) is 1.23. The van der Waals surface area contributed by atoms with Gasteiger partial charge in [-0.05, 0) is 42.6 Å². The molecule has 27 heavy (non-hydrogen) atoms. The van der Waals surface area contributed by atoms with Crippen LogP contribution in [-0.2, 0) is 13.1 Å². The summed E-state index contributed by atoms with van der Waals surface area (Å²) >= 11 is 0. The SMILES string of the molecule is COc1ccnc(CN2CCCN(Cc3ccc(F)cc3)[C@H](C(C)C)C2)c1. The van der Waals surface area contributed by atoms with Gasteiger partial charge in [-0.1, -0.05) is 26.0 Å². The van der Waals surface area contributed by atoms with E-state index in [1.807, 2.05) is 30.5 Å². The van der Waals surface area contributed by atoms with Crippen LogP contribution in [0.15, 0.2) is 42.6 Å². The van der Waals surface area contributed by atoms with Crippen molar-refractivity contribution in [3.8, 4) is 5.75 Å². The first kappa shape index (κ1) is 19.8. The van der Waals surface area contributed by atoms with Crippen molar-refractivity contribution in [3.63, 3.8) is 0 Å². The van der Waals surface area contributed by atoms with Crippen LogP contribution in [-0.4, -0.2) is 47.6 Å². The summed E-state index contributed by atoms with van der Waals surface area (Å²) < 4.78 is 18.5. The van der Waals surface area contributed by atoms with Gasteiger partial charge in [0.05, 0.1) is 12.8 Å². The lowest BCUT2D eigenvalue weighted by molar-refractivity contribution is 0.129. The fraction of sp³-hybridized carbons (Fsp3) is 0.500. The molecule has 1 saturated heterocycles. The van der Waals surface area contributed by atoms with Gasteiger partial charge in [-0.3, -0.25) is 14.8 Å². The molecule has 2 aromatic rings. The summed E-state index contributed by atoms with van der Waals surface area (Å²) in [5.41, 5.74) is 2.22. The Morgan fingerprint density at radius 3 is 2.63 bits per heavy atom. The summed E-state index contributed by atoms with van der Waals surface area (Å²) in [6.45, 7) is 9.41. The van der Waals surface area contributed by atoms with E-state index < -0.39 is 0 Å². The molecule has 5 heteroatoms. The van der Waals surface area contributed by atoms with Gasteiger partial charge in [-0.2, -0.15) is 0 Å². The van der Waals surface area contributed by atoms with Crippen molar-refractivity contribution in [3.05, 3.63) is 59.7 Å². The van der Waals surface area contributed by atoms with Gasteiger partial charge in [0.15, 0.2) is 0 Å². The zero-order valence-corrected chi connectivity index (χ0v) is 16.6. The quantitative estimate of drug-likeness (QED) is 0.768. The van der Waals surface area contributed by atoms with Crippen molar-refractivity contribution in [1.82, 2.24) is 14.8 Å². The Morgan fingerprint density at radius 1 is 1.15 bits per heavy atom. The van der Waals surface area contributed by atoms with Crippen LogP contribution in [0, 0.1) is 11.7 Å². The van der Waals surface area contributed by atoms with Crippen LogP contribution in [0.1, 0.15) is 31.5 Å². The van der Waals surface area contributed by atoms with Gasteiger partial charge in [0.2, 0.25) is 0 Å². The van der Waals surface area contributed by atoms with Crippen LogP contribution in [0.4, 0.5) is 4.39 Å². The standard InChI is InChI=1S/C22H30FN3O/c1-17(2)22-16-25(15-20-13-21(27-3)9-10-24-20)11-4-12-26(22)14-18-5-7-19(23)8-6-18/h5-10,13,17,22H,4,11-12,14-16H2,1-3H3/t22-/m0/s1. The fourth-order valence-electron chi connectivity index (χ4n) is 3.83. The minimum absolute atomic E-state index is 0.174. The molecule has 4 nitrogen and oxygen atoms in total. The Hall–Kier alpha value is -1.98. The summed E-state index contributed by atoms with van der Waals surface area (Å²) in [4.78, 5) is 9.56. The Kier molecular flexibility index (Phi) is 6.80. The van der Waals surface area contributed by atoms with Crippen molar-refractivity contribution in [2.24, 2.45) is 5.92 Å². The van der Waals surface area contributed by atoms with Gasteiger partial charge in [0, 0.05) is 44.5 Å². The zero-order valence-electron chi connectivity index (χ0n) is 16.6. The zero-order chi connectivity index (χ0) is 19.2. The van der Waals surface area contributed by atoms with Crippen molar-refractivity contribution in [2.45, 2.75) is 39.4 Å². The first-order valence-corrected chi connectivity index (χ1v) is 9.75.